The predicted octanol–water partition coefficient (Wildman–Crippen LogP) is 5.21. The van der Waals surface area contributed by atoms with Crippen LogP contribution in [0.1, 0.15) is 47.0 Å². The first-order valence-electron chi connectivity index (χ1n) is 11.7. The molecule has 0 N–H and O–H groups in total. The van der Waals surface area contributed by atoms with Gasteiger partial charge in [0.15, 0.2) is 0 Å². The Balaban J connectivity index is 2.26. The van der Waals surface area contributed by atoms with Gasteiger partial charge in [-0.15, -0.1) is 6.07 Å². The molecule has 116 valence electrons. The second kappa shape index (κ2) is 5.92. The van der Waals surface area contributed by atoms with Crippen LogP contribution >= 0.6 is 0 Å². The van der Waals surface area contributed by atoms with Gasteiger partial charge < -0.3 is 0 Å². The second-order valence-corrected chi connectivity index (χ2v) is 5.53. The van der Waals surface area contributed by atoms with Gasteiger partial charge in [0, 0.05) is 12.3 Å². The van der Waals surface area contributed by atoms with Gasteiger partial charge in [-0.05, 0) is 54.5 Å². The fraction of sp³-hybridized carbons (Fsp3) is 0.182. The number of aryl methyl sites for hydroxylation is 3. The summed E-state index contributed by atoms with van der Waals surface area (Å²) in [5.41, 5.74) is 1.79. The van der Waals surface area contributed by atoms with Gasteiger partial charge in [-0.25, -0.2) is 0 Å². The zero-order valence-corrected chi connectivity index (χ0v) is 12.9. The van der Waals surface area contributed by atoms with Crippen molar-refractivity contribution in [3.63, 3.8) is 0 Å². The molecule has 0 saturated heterocycles. The molecule has 0 spiro atoms. The minimum atomic E-state index is -2.68. The molecular weight excluding hydrogens is 278 g/mol. The van der Waals surface area contributed by atoms with Crippen molar-refractivity contribution in [2.24, 2.45) is 0 Å². The topological polar surface area (TPSA) is 3.01 Å². The lowest BCUT2D eigenvalue weighted by atomic mass is 9.89. The van der Waals surface area contributed by atoms with E-state index in [1.807, 2.05) is 31.2 Å². The number of rotatable bonds is 2. The van der Waals surface area contributed by atoms with E-state index in [4.69, 9.17) is 12.3 Å². The Hall–Kier alpha value is -2.54. The normalized spacial score (nSPS) is 22.0. The summed E-state index contributed by atoms with van der Waals surface area (Å²) >= 11 is 0. The summed E-state index contributed by atoms with van der Waals surface area (Å²) in [6, 6.07) is 12.1. The highest BCUT2D eigenvalue weighted by molar-refractivity contribution is 5.81. The minimum Gasteiger partial charge on any atom is -0.255 e. The largest absolute Gasteiger partial charge is 0.255 e. The van der Waals surface area contributed by atoms with E-state index in [0.717, 1.165) is 11.1 Å². The molecule has 0 saturated carbocycles. The molecule has 0 atom stereocenters. The van der Waals surface area contributed by atoms with Crippen molar-refractivity contribution in [2.75, 3.05) is 0 Å². The summed E-state index contributed by atoms with van der Waals surface area (Å²) in [5.74, 6) is 0. The van der Waals surface area contributed by atoms with Gasteiger partial charge >= 0.3 is 0 Å². The summed E-state index contributed by atoms with van der Waals surface area (Å²) in [6.45, 7) is -1.92. The van der Waals surface area contributed by atoms with Crippen LogP contribution in [0.4, 0.5) is 0 Å². The van der Waals surface area contributed by atoms with Gasteiger partial charge in [-0.3, -0.25) is 4.58 Å². The van der Waals surface area contributed by atoms with Crippen molar-refractivity contribution in [3.05, 3.63) is 94.2 Å². The lowest BCUT2D eigenvalue weighted by Crippen LogP contribution is -2.17. The highest BCUT2D eigenvalue weighted by Crippen LogP contribution is 2.34. The molecular formula is C22H23N. The molecule has 2 aromatic rings. The van der Waals surface area contributed by atoms with E-state index in [1.54, 1.807) is 6.08 Å². The van der Waals surface area contributed by atoms with Crippen molar-refractivity contribution in [1.82, 2.24) is 0 Å². The van der Waals surface area contributed by atoms with Crippen molar-refractivity contribution in [2.45, 2.75) is 27.5 Å². The maximum atomic E-state index is 7.99. The van der Waals surface area contributed by atoms with E-state index in [0.29, 0.717) is 17.2 Å². The third-order valence-corrected chi connectivity index (χ3v) is 3.92. The summed E-state index contributed by atoms with van der Waals surface area (Å²) in [7, 11) is 0. The Morgan fingerprint density at radius 2 is 1.83 bits per heavy atom. The van der Waals surface area contributed by atoms with Crippen LogP contribution in [0, 0.1) is 26.7 Å². The highest BCUT2D eigenvalue weighted by atomic mass is 15.0. The summed E-state index contributed by atoms with van der Waals surface area (Å²) < 4.78 is 72.0. The summed E-state index contributed by atoms with van der Waals surface area (Å²) in [4.78, 5) is 0. The monoisotopic (exact) mass is 310 g/mol. The summed E-state index contributed by atoms with van der Waals surface area (Å²) in [5, 5.41) is 0. The van der Waals surface area contributed by atoms with Gasteiger partial charge in [0.25, 0.3) is 0 Å². The van der Waals surface area contributed by atoms with Crippen molar-refractivity contribution < 1.29 is 16.9 Å². The van der Waals surface area contributed by atoms with E-state index < -0.39 is 20.6 Å². The molecule has 1 aliphatic heterocycles. The van der Waals surface area contributed by atoms with Crippen molar-refractivity contribution in [1.29, 1.82) is 0 Å². The van der Waals surface area contributed by atoms with Gasteiger partial charge in [0.05, 0.1) is 6.72 Å². The lowest BCUT2D eigenvalue weighted by Gasteiger charge is -2.24. The number of nitrogens with zero attached hydrogens (tertiary/aromatic N) is 1. The van der Waals surface area contributed by atoms with Crippen LogP contribution in [-0.4, -0.2) is 11.3 Å². The van der Waals surface area contributed by atoms with Crippen LogP contribution in [0.15, 0.2) is 60.3 Å². The molecule has 0 fully saturated rings. The average Bonchev–Trinajstić information content (AvgIpc) is 2.66. The summed E-state index contributed by atoms with van der Waals surface area (Å²) in [6.07, 6.45) is 3.07. The molecule has 0 bridgehead atoms. The zero-order valence-electron chi connectivity index (χ0n) is 21.9. The number of hydrogen-bond acceptors (Lipinski definition) is 0. The quantitative estimate of drug-likeness (QED) is 0.529. The SMILES string of the molecule is [2H]C([2H])([2H])C1=C[N+](=C)[C-](c2ccccc2C)C=C1c1ccc(C([2H])([2H])[2H])c(C([2H])([2H])[2H])c1. The average molecular weight is 310 g/mol. The lowest BCUT2D eigenvalue weighted by molar-refractivity contribution is -0.418. The Labute approximate surface area is 152 Å². The third kappa shape index (κ3) is 2.87. The van der Waals surface area contributed by atoms with Crippen LogP contribution in [0.2, 0.25) is 0 Å². The molecule has 1 heterocycles. The smallest absolute Gasteiger partial charge is 0.147 e. The highest BCUT2D eigenvalue weighted by Gasteiger charge is 2.21. The predicted molar refractivity (Wildman–Crippen MR) is 98.6 cm³/mol. The fourth-order valence-electron chi connectivity index (χ4n) is 2.64. The zero-order chi connectivity index (χ0) is 24.1. The first-order chi connectivity index (χ1) is 14.6. The van der Waals surface area contributed by atoms with E-state index >= 15 is 0 Å². The number of allylic oxidation sites excluding steroid dienone is 2. The Kier molecular flexibility index (Phi) is 2.02. The molecule has 0 unspecified atom stereocenters. The van der Waals surface area contributed by atoms with Crippen LogP contribution < -0.4 is 0 Å². The fourth-order valence-corrected chi connectivity index (χ4v) is 2.64. The molecule has 0 amide bonds. The van der Waals surface area contributed by atoms with Gasteiger partial charge in [0.2, 0.25) is 0 Å². The minimum absolute atomic E-state index is 0.0111. The number of benzene rings is 2. The second-order valence-electron chi connectivity index (χ2n) is 5.53. The standard InChI is InChI=1S/C22H23N/c1-15-10-11-19(12-17(15)3)21-13-22(23(5)14-18(21)4)20-9-7-6-8-16(20)2/h6-14H,5H2,1-4H3/i1D3,3D3,4D3. The molecule has 0 aromatic heterocycles. The Bertz CT molecular complexity index is 1120. The van der Waals surface area contributed by atoms with E-state index in [-0.39, 0.29) is 16.7 Å². The van der Waals surface area contributed by atoms with Crippen LogP contribution in [-0.2, 0) is 0 Å². The van der Waals surface area contributed by atoms with Gasteiger partial charge in [-0.2, -0.15) is 0 Å². The molecule has 1 nitrogen and oxygen atoms in total. The molecule has 23 heavy (non-hydrogen) atoms. The van der Waals surface area contributed by atoms with E-state index in [2.05, 4.69) is 6.72 Å². The maximum absolute atomic E-state index is 7.99. The van der Waals surface area contributed by atoms with Crippen LogP contribution in [0.5, 0.6) is 0 Å². The van der Waals surface area contributed by atoms with Crippen molar-refractivity contribution >= 4 is 12.3 Å². The molecule has 1 heteroatoms. The van der Waals surface area contributed by atoms with Gasteiger partial charge in [0.1, 0.15) is 12.2 Å². The molecule has 1 aliphatic rings. The Morgan fingerprint density at radius 1 is 1.00 bits per heavy atom. The first kappa shape index (κ1) is 7.83. The van der Waals surface area contributed by atoms with Crippen molar-refractivity contribution in [3.8, 4) is 0 Å². The maximum Gasteiger partial charge on any atom is 0.147 e. The van der Waals surface area contributed by atoms with Gasteiger partial charge in [-0.1, -0.05) is 54.5 Å². The molecule has 0 radical (unpaired) electrons. The molecule has 3 rings (SSSR count). The Morgan fingerprint density at radius 3 is 2.57 bits per heavy atom. The molecule has 2 aromatic carbocycles. The van der Waals surface area contributed by atoms with E-state index in [1.165, 1.54) is 29.0 Å². The van der Waals surface area contributed by atoms with E-state index in [9.17, 15) is 0 Å². The van der Waals surface area contributed by atoms with Crippen LogP contribution in [0.3, 0.4) is 0 Å². The van der Waals surface area contributed by atoms with Crippen LogP contribution in [0.25, 0.3) is 5.57 Å². The third-order valence-electron chi connectivity index (χ3n) is 3.92. The first-order valence-corrected chi connectivity index (χ1v) is 7.23. The number of hydrogen-bond donors (Lipinski definition) is 0. The molecule has 0 aliphatic carbocycles.